The molecule has 15 heavy (non-hydrogen) atoms. The molecule has 0 aromatic heterocycles. The Morgan fingerprint density at radius 3 is 2.00 bits per heavy atom. The van der Waals surface area contributed by atoms with Crippen LogP contribution in [0, 0.1) is 46.3 Å². The molecule has 3 heteroatoms. The number of aliphatic hydroxyl groups is 1. The van der Waals surface area contributed by atoms with Crippen molar-refractivity contribution in [2.45, 2.75) is 66.0 Å². The normalized spacial score (nSPS) is 16.5. The van der Waals surface area contributed by atoms with Crippen LogP contribution in [0.25, 0.3) is 0 Å². The molecule has 0 amide bonds. The van der Waals surface area contributed by atoms with Crippen LogP contribution in [0.5, 0.6) is 0 Å². The van der Waals surface area contributed by atoms with Crippen LogP contribution in [0.2, 0.25) is 0 Å². The summed E-state index contributed by atoms with van der Waals surface area (Å²) >= 11 is 0. The van der Waals surface area contributed by atoms with Crippen LogP contribution in [-0.4, -0.2) is 22.5 Å². The smallest absolute Gasteiger partial charge is 0.104 e. The third kappa shape index (κ3) is 5.73. The molecule has 1 radical (unpaired) electrons. The maximum atomic E-state index is 10.5. The fraction of sp³-hybridized carbons (Fsp3) is 0.917. The summed E-state index contributed by atoms with van der Waals surface area (Å²) in [6.45, 7) is 12.2. The van der Waals surface area contributed by atoms with E-state index < -0.39 is 5.60 Å². The molecule has 1 atom stereocenters. The number of hydrogen-bond acceptors (Lipinski definition) is 2. The van der Waals surface area contributed by atoms with Crippen molar-refractivity contribution in [3.63, 3.8) is 0 Å². The van der Waals surface area contributed by atoms with Crippen molar-refractivity contribution in [1.29, 1.82) is 0 Å². The Bertz CT molecular complexity index is 202. The van der Waals surface area contributed by atoms with Crippen LogP contribution >= 0.6 is 0 Å². The number of hydrogen-bond donors (Lipinski definition) is 1. The summed E-state index contributed by atoms with van der Waals surface area (Å²) < 4.78 is 0. The van der Waals surface area contributed by atoms with Gasteiger partial charge in [-0.1, -0.05) is 27.2 Å². The van der Waals surface area contributed by atoms with Gasteiger partial charge in [-0.15, -0.1) is 0 Å². The van der Waals surface area contributed by atoms with E-state index in [1.165, 1.54) is 0 Å². The standard InChI is InChI=1S/C12H25NO.Pm/c1-7-8-12(14,9(2)3)11(6)13-10(4)5;/h9-10,14H,7-8H2,1-6H3;. The van der Waals surface area contributed by atoms with E-state index in [0.29, 0.717) is 0 Å². The van der Waals surface area contributed by atoms with Gasteiger partial charge in [0.05, 0.1) is 0 Å². The summed E-state index contributed by atoms with van der Waals surface area (Å²) in [5.41, 5.74) is 0.170. The van der Waals surface area contributed by atoms with Gasteiger partial charge < -0.3 is 5.11 Å². The van der Waals surface area contributed by atoms with Crippen LogP contribution in [-0.2, 0) is 0 Å². The second-order valence-electron chi connectivity index (χ2n) is 4.64. The predicted octanol–water partition coefficient (Wildman–Crippen LogP) is 3.04. The van der Waals surface area contributed by atoms with E-state index in [9.17, 15) is 5.11 Å². The minimum absolute atomic E-state index is 0. The maximum Gasteiger partial charge on any atom is 0.104 e. The Labute approximate surface area is 127 Å². The van der Waals surface area contributed by atoms with Crippen molar-refractivity contribution in [1.82, 2.24) is 0 Å². The molecule has 0 aromatic rings. The quantitative estimate of drug-likeness (QED) is 0.764. The molecule has 0 spiro atoms. The summed E-state index contributed by atoms with van der Waals surface area (Å²) in [7, 11) is 0. The van der Waals surface area contributed by atoms with E-state index in [2.05, 4.69) is 25.8 Å². The molecule has 1 unspecified atom stereocenters. The van der Waals surface area contributed by atoms with Gasteiger partial charge in [-0.3, -0.25) is 4.99 Å². The fourth-order valence-corrected chi connectivity index (χ4v) is 1.77. The van der Waals surface area contributed by atoms with E-state index in [-0.39, 0.29) is 52.3 Å². The second-order valence-corrected chi connectivity index (χ2v) is 4.64. The minimum atomic E-state index is -0.709. The zero-order valence-electron chi connectivity index (χ0n) is 10.9. The van der Waals surface area contributed by atoms with Gasteiger partial charge >= 0.3 is 0 Å². The monoisotopic (exact) mass is 344 g/mol. The first-order valence-electron chi connectivity index (χ1n) is 5.61. The summed E-state index contributed by atoms with van der Waals surface area (Å²) in [4.78, 5) is 4.46. The molecule has 0 aliphatic rings. The van der Waals surface area contributed by atoms with Crippen molar-refractivity contribution >= 4 is 5.71 Å². The Hall–Kier alpha value is 0.968. The van der Waals surface area contributed by atoms with Gasteiger partial charge in [-0.2, -0.15) is 0 Å². The topological polar surface area (TPSA) is 32.6 Å². The van der Waals surface area contributed by atoms with Crippen LogP contribution < -0.4 is 0 Å². The molecule has 0 aromatic carbocycles. The van der Waals surface area contributed by atoms with Crippen molar-refractivity contribution in [3.8, 4) is 0 Å². The second kappa shape index (κ2) is 8.12. The van der Waals surface area contributed by atoms with Gasteiger partial charge in [-0.25, -0.2) is 0 Å². The molecule has 0 saturated heterocycles. The van der Waals surface area contributed by atoms with Gasteiger partial charge in [0, 0.05) is 52.1 Å². The number of rotatable bonds is 5. The molecule has 0 heterocycles. The molecular formula is C12H25NOPm. The van der Waals surface area contributed by atoms with Crippen molar-refractivity contribution < 1.29 is 45.5 Å². The van der Waals surface area contributed by atoms with E-state index in [4.69, 9.17) is 0 Å². The number of aliphatic imine (C=N–C) groups is 1. The largest absolute Gasteiger partial charge is 0.384 e. The first-order valence-corrected chi connectivity index (χ1v) is 5.61. The molecule has 0 saturated carbocycles. The summed E-state index contributed by atoms with van der Waals surface area (Å²) in [5, 5.41) is 10.5. The van der Waals surface area contributed by atoms with Crippen molar-refractivity contribution in [2.75, 3.05) is 0 Å². The van der Waals surface area contributed by atoms with Crippen LogP contribution in [0.15, 0.2) is 4.99 Å². The van der Waals surface area contributed by atoms with Crippen LogP contribution in [0.4, 0.5) is 0 Å². The van der Waals surface area contributed by atoms with Gasteiger partial charge in [0.1, 0.15) is 5.60 Å². The molecule has 0 rings (SSSR count). The minimum Gasteiger partial charge on any atom is -0.384 e. The van der Waals surface area contributed by atoms with Gasteiger partial charge in [0.15, 0.2) is 0 Å². The van der Waals surface area contributed by atoms with E-state index in [1.54, 1.807) is 0 Å². The fourth-order valence-electron chi connectivity index (χ4n) is 1.77. The van der Waals surface area contributed by atoms with Gasteiger partial charge in [-0.05, 0) is 33.1 Å². The maximum absolute atomic E-state index is 10.5. The SMILES string of the molecule is CCCC(O)(C(C)=NC(C)C)C(C)C.[Pm]. The third-order valence-electron chi connectivity index (χ3n) is 2.66. The molecule has 2 nitrogen and oxygen atoms in total. The van der Waals surface area contributed by atoms with Gasteiger partial charge in [0.2, 0.25) is 0 Å². The predicted molar refractivity (Wildman–Crippen MR) is 62.9 cm³/mol. The number of nitrogens with zero attached hydrogens (tertiary/aromatic N) is 1. The summed E-state index contributed by atoms with van der Waals surface area (Å²) in [6.07, 6.45) is 1.78. The molecule has 0 fully saturated rings. The molecular weight excluding hydrogens is 319 g/mol. The van der Waals surface area contributed by atoms with Gasteiger partial charge in [0.25, 0.3) is 0 Å². The average molecular weight is 344 g/mol. The van der Waals surface area contributed by atoms with Crippen molar-refractivity contribution in [3.05, 3.63) is 0 Å². The van der Waals surface area contributed by atoms with E-state index in [0.717, 1.165) is 18.6 Å². The molecule has 1 N–H and O–H groups in total. The first kappa shape index (κ1) is 18.3. The molecule has 89 valence electrons. The molecule has 0 aliphatic carbocycles. The van der Waals surface area contributed by atoms with Crippen LogP contribution in [0.3, 0.4) is 0 Å². The Kier molecular flexibility index (Phi) is 9.92. The Morgan fingerprint density at radius 2 is 1.73 bits per heavy atom. The van der Waals surface area contributed by atoms with E-state index >= 15 is 0 Å². The Balaban J connectivity index is 0. The van der Waals surface area contributed by atoms with Crippen LogP contribution in [0.1, 0.15) is 54.4 Å². The first-order chi connectivity index (χ1) is 6.34. The van der Waals surface area contributed by atoms with Crippen molar-refractivity contribution in [2.24, 2.45) is 10.9 Å². The molecule has 0 bridgehead atoms. The molecule has 0 aliphatic heterocycles. The summed E-state index contributed by atoms with van der Waals surface area (Å²) in [6, 6.07) is 0.261. The third-order valence-corrected chi connectivity index (χ3v) is 2.66. The zero-order valence-corrected chi connectivity index (χ0v) is 13.8. The van der Waals surface area contributed by atoms with E-state index in [1.807, 2.05) is 20.8 Å². The Morgan fingerprint density at radius 1 is 1.27 bits per heavy atom. The average Bonchev–Trinajstić information content (AvgIpc) is 2.02. The summed E-state index contributed by atoms with van der Waals surface area (Å²) in [5.74, 6) is 0.227. The zero-order chi connectivity index (χ0) is 11.4.